The van der Waals surface area contributed by atoms with E-state index in [1.165, 1.54) is 6.07 Å². The van der Waals surface area contributed by atoms with Gasteiger partial charge in [0.25, 0.3) is 0 Å². The molecule has 2 amide bonds. The van der Waals surface area contributed by atoms with E-state index in [9.17, 15) is 14.0 Å². The van der Waals surface area contributed by atoms with Gasteiger partial charge in [-0.25, -0.2) is 4.39 Å². The van der Waals surface area contributed by atoms with Crippen LogP contribution in [-0.2, 0) is 9.59 Å². The smallest absolute Gasteiger partial charge is 0.233 e. The van der Waals surface area contributed by atoms with Gasteiger partial charge in [-0.1, -0.05) is 0 Å². The fourth-order valence-electron chi connectivity index (χ4n) is 1.77. The number of benzene rings is 1. The second-order valence-electron chi connectivity index (χ2n) is 3.72. The zero-order chi connectivity index (χ0) is 11.7. The summed E-state index contributed by atoms with van der Waals surface area (Å²) in [5.41, 5.74) is 5.88. The highest BCUT2D eigenvalue weighted by molar-refractivity contribution is 6.16. The number of halogens is 1. The number of nitrogens with two attached hydrogens (primary N) is 1. The van der Waals surface area contributed by atoms with Gasteiger partial charge in [0, 0.05) is 18.5 Å². The molecule has 1 aromatic carbocycles. The molecule has 1 heterocycles. The first-order valence-electron chi connectivity index (χ1n) is 5.00. The van der Waals surface area contributed by atoms with Crippen LogP contribution >= 0.6 is 0 Å². The molecular weight excluding hydrogens is 211 g/mol. The van der Waals surface area contributed by atoms with Crippen molar-refractivity contribution in [2.24, 2.45) is 0 Å². The van der Waals surface area contributed by atoms with Crippen LogP contribution in [0.1, 0.15) is 19.3 Å². The Hall–Kier alpha value is -1.91. The number of anilines is 2. The van der Waals surface area contributed by atoms with Gasteiger partial charge in [-0.3, -0.25) is 14.5 Å². The molecule has 5 heteroatoms. The average Bonchev–Trinajstić information content (AvgIpc) is 2.15. The molecule has 2 N–H and O–H groups in total. The number of hydrogen-bond acceptors (Lipinski definition) is 3. The zero-order valence-electron chi connectivity index (χ0n) is 8.57. The van der Waals surface area contributed by atoms with E-state index in [-0.39, 0.29) is 23.2 Å². The number of piperidine rings is 1. The Labute approximate surface area is 91.8 Å². The van der Waals surface area contributed by atoms with Crippen molar-refractivity contribution in [2.75, 3.05) is 10.6 Å². The molecule has 0 atom stereocenters. The number of imide groups is 1. The summed E-state index contributed by atoms with van der Waals surface area (Å²) in [6.45, 7) is 0. The molecule has 0 radical (unpaired) electrons. The van der Waals surface area contributed by atoms with E-state index in [0.29, 0.717) is 19.3 Å². The van der Waals surface area contributed by atoms with Gasteiger partial charge >= 0.3 is 0 Å². The van der Waals surface area contributed by atoms with Gasteiger partial charge in [-0.15, -0.1) is 0 Å². The normalized spacial score (nSPS) is 16.7. The molecular formula is C11H11FN2O2. The molecule has 0 saturated carbocycles. The summed E-state index contributed by atoms with van der Waals surface area (Å²) in [5, 5.41) is 0. The Morgan fingerprint density at radius 3 is 2.31 bits per heavy atom. The van der Waals surface area contributed by atoms with Crippen molar-refractivity contribution >= 4 is 23.2 Å². The maximum atomic E-state index is 13.1. The molecule has 1 aliphatic heterocycles. The van der Waals surface area contributed by atoms with E-state index in [0.717, 1.165) is 17.0 Å². The van der Waals surface area contributed by atoms with E-state index in [1.54, 1.807) is 0 Å². The Balaban J connectivity index is 2.41. The summed E-state index contributed by atoms with van der Waals surface area (Å²) in [4.78, 5) is 24.1. The molecule has 1 saturated heterocycles. The first-order valence-corrected chi connectivity index (χ1v) is 5.00. The van der Waals surface area contributed by atoms with Crippen molar-refractivity contribution in [1.82, 2.24) is 0 Å². The fourth-order valence-corrected chi connectivity index (χ4v) is 1.77. The van der Waals surface area contributed by atoms with Gasteiger partial charge in [0.2, 0.25) is 11.8 Å². The molecule has 0 spiro atoms. The molecule has 2 rings (SSSR count). The highest BCUT2D eigenvalue weighted by Crippen LogP contribution is 2.24. The number of rotatable bonds is 1. The highest BCUT2D eigenvalue weighted by atomic mass is 19.1. The van der Waals surface area contributed by atoms with Crippen LogP contribution in [0.4, 0.5) is 15.8 Å². The van der Waals surface area contributed by atoms with Crippen LogP contribution in [-0.4, -0.2) is 11.8 Å². The Morgan fingerprint density at radius 2 is 1.75 bits per heavy atom. The van der Waals surface area contributed by atoms with Crippen molar-refractivity contribution in [2.45, 2.75) is 19.3 Å². The maximum absolute atomic E-state index is 13.1. The van der Waals surface area contributed by atoms with Crippen molar-refractivity contribution in [3.8, 4) is 0 Å². The predicted molar refractivity (Wildman–Crippen MR) is 57.2 cm³/mol. The molecule has 4 nitrogen and oxygen atoms in total. The molecule has 0 aromatic heterocycles. The molecule has 16 heavy (non-hydrogen) atoms. The predicted octanol–water partition coefficient (Wildman–Crippen LogP) is 1.45. The maximum Gasteiger partial charge on any atom is 0.233 e. The van der Waals surface area contributed by atoms with Crippen molar-refractivity contribution in [3.63, 3.8) is 0 Å². The number of hydrogen-bond donors (Lipinski definition) is 1. The Bertz CT molecular complexity index is 423. The largest absolute Gasteiger partial charge is 0.399 e. The number of carbonyl (C=O) groups is 2. The van der Waals surface area contributed by atoms with Gasteiger partial charge in [-0.05, 0) is 24.6 Å². The summed E-state index contributed by atoms with van der Waals surface area (Å²) >= 11 is 0. The van der Waals surface area contributed by atoms with Gasteiger partial charge < -0.3 is 5.73 Å². The van der Waals surface area contributed by atoms with Gasteiger partial charge in [0.05, 0.1) is 5.69 Å². The number of nitrogen functional groups attached to an aromatic ring is 1. The summed E-state index contributed by atoms with van der Waals surface area (Å²) in [7, 11) is 0. The second kappa shape index (κ2) is 3.92. The summed E-state index contributed by atoms with van der Waals surface area (Å²) in [6, 6.07) is 3.70. The third-order valence-electron chi connectivity index (χ3n) is 2.44. The molecule has 0 aliphatic carbocycles. The zero-order valence-corrected chi connectivity index (χ0v) is 8.57. The summed E-state index contributed by atoms with van der Waals surface area (Å²) < 4.78 is 13.1. The van der Waals surface area contributed by atoms with E-state index in [1.807, 2.05) is 0 Å². The number of carbonyl (C=O) groups excluding carboxylic acids is 2. The lowest BCUT2D eigenvalue weighted by Crippen LogP contribution is -2.40. The standard InChI is InChI=1S/C11H11FN2O2/c12-7-4-8(13)6-9(5-7)14-10(15)2-1-3-11(14)16/h4-6H,1-3,13H2. The minimum Gasteiger partial charge on any atom is -0.399 e. The van der Waals surface area contributed by atoms with E-state index >= 15 is 0 Å². The Morgan fingerprint density at radius 1 is 1.12 bits per heavy atom. The molecule has 84 valence electrons. The van der Waals surface area contributed by atoms with Crippen molar-refractivity contribution in [3.05, 3.63) is 24.0 Å². The second-order valence-corrected chi connectivity index (χ2v) is 3.72. The van der Waals surface area contributed by atoms with E-state index in [2.05, 4.69) is 0 Å². The van der Waals surface area contributed by atoms with Gasteiger partial charge in [0.15, 0.2) is 0 Å². The lowest BCUT2D eigenvalue weighted by molar-refractivity contribution is -0.129. The first kappa shape index (κ1) is 10.6. The Kier molecular flexibility index (Phi) is 2.60. The number of nitrogens with zero attached hydrogens (tertiary/aromatic N) is 1. The average molecular weight is 222 g/mol. The molecule has 0 bridgehead atoms. The van der Waals surface area contributed by atoms with Crippen molar-refractivity contribution in [1.29, 1.82) is 0 Å². The minimum atomic E-state index is -0.554. The highest BCUT2D eigenvalue weighted by Gasteiger charge is 2.27. The lowest BCUT2D eigenvalue weighted by atomic mass is 10.1. The molecule has 1 fully saturated rings. The van der Waals surface area contributed by atoms with Crippen LogP contribution in [0.15, 0.2) is 18.2 Å². The quantitative estimate of drug-likeness (QED) is 0.577. The van der Waals surface area contributed by atoms with Crippen LogP contribution in [0.3, 0.4) is 0 Å². The van der Waals surface area contributed by atoms with Gasteiger partial charge in [-0.2, -0.15) is 0 Å². The first-order chi connectivity index (χ1) is 7.58. The molecule has 0 unspecified atom stereocenters. The third-order valence-corrected chi connectivity index (χ3v) is 2.44. The van der Waals surface area contributed by atoms with E-state index in [4.69, 9.17) is 5.73 Å². The van der Waals surface area contributed by atoms with Crippen molar-refractivity contribution < 1.29 is 14.0 Å². The van der Waals surface area contributed by atoms with Crippen LogP contribution in [0.2, 0.25) is 0 Å². The SMILES string of the molecule is Nc1cc(F)cc(N2C(=O)CCCC2=O)c1. The van der Waals surface area contributed by atoms with Crippen LogP contribution in [0.5, 0.6) is 0 Å². The summed E-state index contributed by atoms with van der Waals surface area (Å²) in [6.07, 6.45) is 1.17. The monoisotopic (exact) mass is 222 g/mol. The lowest BCUT2D eigenvalue weighted by Gasteiger charge is -2.25. The molecule has 1 aliphatic rings. The summed E-state index contributed by atoms with van der Waals surface area (Å²) in [5.74, 6) is -1.16. The number of amides is 2. The van der Waals surface area contributed by atoms with Crippen LogP contribution in [0, 0.1) is 5.82 Å². The third kappa shape index (κ3) is 1.88. The minimum absolute atomic E-state index is 0.196. The molecule has 1 aromatic rings. The van der Waals surface area contributed by atoms with Gasteiger partial charge in [0.1, 0.15) is 5.82 Å². The fraction of sp³-hybridized carbons (Fsp3) is 0.273. The van der Waals surface area contributed by atoms with Crippen LogP contribution < -0.4 is 10.6 Å². The van der Waals surface area contributed by atoms with E-state index < -0.39 is 5.82 Å². The topological polar surface area (TPSA) is 63.4 Å². The van der Waals surface area contributed by atoms with Crippen LogP contribution in [0.25, 0.3) is 0 Å².